The molecule has 0 saturated heterocycles. The van der Waals surface area contributed by atoms with Gasteiger partial charge < -0.3 is 19.5 Å². The number of nitrogens with zero attached hydrogens (tertiary/aromatic N) is 1. The second-order valence-corrected chi connectivity index (χ2v) is 8.37. The van der Waals surface area contributed by atoms with Crippen molar-refractivity contribution in [3.05, 3.63) is 89.0 Å². The topological polar surface area (TPSA) is 115 Å². The Morgan fingerprint density at radius 2 is 1.63 bits per heavy atom. The number of hydrogen-bond acceptors (Lipinski definition) is 7. The Bertz CT molecular complexity index is 1270. The van der Waals surface area contributed by atoms with E-state index in [1.54, 1.807) is 54.6 Å². The first-order valence-corrected chi connectivity index (χ1v) is 12.2. The van der Waals surface area contributed by atoms with Crippen LogP contribution in [0.5, 0.6) is 17.2 Å². The fourth-order valence-electron chi connectivity index (χ4n) is 3.22. The molecule has 198 valence electrons. The van der Waals surface area contributed by atoms with Gasteiger partial charge in [-0.1, -0.05) is 31.0 Å². The van der Waals surface area contributed by atoms with Gasteiger partial charge in [0.25, 0.3) is 11.8 Å². The summed E-state index contributed by atoms with van der Waals surface area (Å²) in [6.07, 6.45) is 3.41. The number of carbonyl (C=O) groups excluding carboxylic acids is 3. The SMILES string of the molecule is CCCCOc1ccc(C(=O)NCC(=O)N/N=C\c2ccc(OC(=O)c3ccc(C)cc3)c(OC)c2)cc1. The lowest BCUT2D eigenvalue weighted by Gasteiger charge is -2.10. The third-order valence-corrected chi connectivity index (χ3v) is 5.37. The average molecular weight is 518 g/mol. The predicted molar refractivity (Wildman–Crippen MR) is 144 cm³/mol. The van der Waals surface area contributed by atoms with E-state index in [0.29, 0.717) is 34.8 Å². The van der Waals surface area contributed by atoms with Crippen molar-refractivity contribution in [1.82, 2.24) is 10.7 Å². The van der Waals surface area contributed by atoms with Gasteiger partial charge in [0, 0.05) is 5.56 Å². The van der Waals surface area contributed by atoms with Gasteiger partial charge in [0.15, 0.2) is 11.5 Å². The third-order valence-electron chi connectivity index (χ3n) is 5.37. The van der Waals surface area contributed by atoms with E-state index in [2.05, 4.69) is 22.8 Å². The summed E-state index contributed by atoms with van der Waals surface area (Å²) in [5.41, 5.74) is 4.83. The summed E-state index contributed by atoms with van der Waals surface area (Å²) < 4.78 is 16.4. The number of amides is 2. The van der Waals surface area contributed by atoms with E-state index < -0.39 is 11.9 Å². The van der Waals surface area contributed by atoms with Crippen molar-refractivity contribution in [2.75, 3.05) is 20.3 Å². The summed E-state index contributed by atoms with van der Waals surface area (Å²) in [5.74, 6) is -0.113. The predicted octanol–water partition coefficient (Wildman–Crippen LogP) is 4.28. The second-order valence-electron chi connectivity index (χ2n) is 8.37. The van der Waals surface area contributed by atoms with Gasteiger partial charge in [0.2, 0.25) is 0 Å². The molecular weight excluding hydrogens is 486 g/mol. The van der Waals surface area contributed by atoms with Gasteiger partial charge in [-0.3, -0.25) is 9.59 Å². The number of aryl methyl sites for hydroxylation is 1. The number of hydrogen-bond donors (Lipinski definition) is 2. The number of unbranched alkanes of at least 4 members (excludes halogenated alkanes) is 1. The maximum absolute atomic E-state index is 12.4. The van der Waals surface area contributed by atoms with Crippen molar-refractivity contribution >= 4 is 24.0 Å². The molecule has 0 atom stereocenters. The Morgan fingerprint density at radius 1 is 0.921 bits per heavy atom. The zero-order chi connectivity index (χ0) is 27.3. The van der Waals surface area contributed by atoms with Gasteiger partial charge >= 0.3 is 5.97 Å². The number of esters is 1. The summed E-state index contributed by atoms with van der Waals surface area (Å²) in [6.45, 7) is 4.39. The van der Waals surface area contributed by atoms with Crippen LogP contribution in [0.3, 0.4) is 0 Å². The summed E-state index contributed by atoms with van der Waals surface area (Å²) in [4.78, 5) is 36.8. The molecule has 2 N–H and O–H groups in total. The Labute approximate surface area is 221 Å². The van der Waals surface area contributed by atoms with Crippen LogP contribution in [0.25, 0.3) is 0 Å². The molecule has 0 fully saturated rings. The van der Waals surface area contributed by atoms with Crippen LogP contribution in [0.1, 0.15) is 51.6 Å². The average Bonchev–Trinajstić information content (AvgIpc) is 2.93. The molecule has 0 spiro atoms. The molecule has 0 unspecified atom stereocenters. The zero-order valence-corrected chi connectivity index (χ0v) is 21.7. The molecule has 0 saturated carbocycles. The highest BCUT2D eigenvalue weighted by molar-refractivity contribution is 5.96. The monoisotopic (exact) mass is 517 g/mol. The van der Waals surface area contributed by atoms with Crippen LogP contribution in [-0.4, -0.2) is 44.3 Å². The van der Waals surface area contributed by atoms with E-state index in [0.717, 1.165) is 18.4 Å². The molecule has 0 aliphatic carbocycles. The van der Waals surface area contributed by atoms with Crippen molar-refractivity contribution in [1.29, 1.82) is 0 Å². The van der Waals surface area contributed by atoms with Gasteiger partial charge in [-0.2, -0.15) is 5.10 Å². The number of hydrazone groups is 1. The fraction of sp³-hybridized carbons (Fsp3) is 0.241. The Kier molecular flexibility index (Phi) is 10.4. The van der Waals surface area contributed by atoms with Crippen molar-refractivity contribution in [2.24, 2.45) is 5.10 Å². The van der Waals surface area contributed by atoms with Crippen molar-refractivity contribution in [3.63, 3.8) is 0 Å². The van der Waals surface area contributed by atoms with Gasteiger partial charge in [-0.25, -0.2) is 10.2 Å². The van der Waals surface area contributed by atoms with Gasteiger partial charge in [0.05, 0.1) is 32.0 Å². The van der Waals surface area contributed by atoms with E-state index in [1.165, 1.54) is 13.3 Å². The first-order chi connectivity index (χ1) is 18.4. The lowest BCUT2D eigenvalue weighted by atomic mass is 10.1. The van der Waals surface area contributed by atoms with Crippen molar-refractivity contribution in [2.45, 2.75) is 26.7 Å². The molecule has 3 aromatic carbocycles. The Hall–Kier alpha value is -4.66. The van der Waals surface area contributed by atoms with E-state index in [9.17, 15) is 14.4 Å². The number of benzene rings is 3. The highest BCUT2D eigenvalue weighted by Gasteiger charge is 2.13. The van der Waals surface area contributed by atoms with Crippen LogP contribution in [0, 0.1) is 6.92 Å². The number of ether oxygens (including phenoxy) is 3. The maximum Gasteiger partial charge on any atom is 0.343 e. The van der Waals surface area contributed by atoms with E-state index >= 15 is 0 Å². The molecule has 38 heavy (non-hydrogen) atoms. The molecule has 0 aliphatic rings. The number of rotatable bonds is 12. The smallest absolute Gasteiger partial charge is 0.343 e. The van der Waals surface area contributed by atoms with Gasteiger partial charge in [-0.15, -0.1) is 0 Å². The molecular formula is C29H31N3O6. The molecule has 3 rings (SSSR count). The maximum atomic E-state index is 12.4. The molecule has 0 aliphatic heterocycles. The number of methoxy groups -OCH3 is 1. The Balaban J connectivity index is 1.48. The van der Waals surface area contributed by atoms with Crippen LogP contribution in [-0.2, 0) is 4.79 Å². The number of carbonyl (C=O) groups is 3. The molecule has 0 radical (unpaired) electrons. The lowest BCUT2D eigenvalue weighted by Crippen LogP contribution is -2.34. The molecule has 2 amide bonds. The van der Waals surface area contributed by atoms with Crippen LogP contribution < -0.4 is 25.0 Å². The molecule has 0 aromatic heterocycles. The van der Waals surface area contributed by atoms with Crippen molar-refractivity contribution < 1.29 is 28.6 Å². The highest BCUT2D eigenvalue weighted by Crippen LogP contribution is 2.28. The van der Waals surface area contributed by atoms with Crippen LogP contribution in [0.4, 0.5) is 0 Å². The summed E-state index contributed by atoms with van der Waals surface area (Å²) in [7, 11) is 1.46. The summed E-state index contributed by atoms with van der Waals surface area (Å²) in [5, 5.41) is 6.45. The molecule has 0 bridgehead atoms. The second kappa shape index (κ2) is 14.2. The molecule has 3 aromatic rings. The summed E-state index contributed by atoms with van der Waals surface area (Å²) in [6, 6.07) is 18.6. The number of nitrogens with one attached hydrogen (secondary N) is 2. The largest absolute Gasteiger partial charge is 0.494 e. The van der Waals surface area contributed by atoms with E-state index in [1.807, 2.05) is 19.1 Å². The Morgan fingerprint density at radius 3 is 2.32 bits per heavy atom. The normalized spacial score (nSPS) is 10.6. The van der Waals surface area contributed by atoms with E-state index in [4.69, 9.17) is 14.2 Å². The molecule has 9 nitrogen and oxygen atoms in total. The first kappa shape index (κ1) is 27.9. The standard InChI is InChI=1S/C29H31N3O6/c1-4-5-16-37-24-13-11-22(12-14-24)28(34)30-19-27(33)32-31-18-21-8-15-25(26(17-21)36-3)38-29(35)23-9-6-20(2)7-10-23/h6-15,17-18H,4-5,16,19H2,1-3H3,(H,30,34)(H,32,33)/b31-18-. The minimum absolute atomic E-state index is 0.248. The van der Waals surface area contributed by atoms with Crippen molar-refractivity contribution in [3.8, 4) is 17.2 Å². The van der Waals surface area contributed by atoms with E-state index in [-0.39, 0.29) is 18.2 Å². The van der Waals surface area contributed by atoms with Gasteiger partial charge in [-0.05, 0) is 73.5 Å². The minimum Gasteiger partial charge on any atom is -0.494 e. The quantitative estimate of drug-likeness (QED) is 0.122. The third kappa shape index (κ3) is 8.48. The zero-order valence-electron chi connectivity index (χ0n) is 21.7. The lowest BCUT2D eigenvalue weighted by molar-refractivity contribution is -0.120. The highest BCUT2D eigenvalue weighted by atomic mass is 16.6. The summed E-state index contributed by atoms with van der Waals surface area (Å²) >= 11 is 0. The van der Waals surface area contributed by atoms with Gasteiger partial charge in [0.1, 0.15) is 5.75 Å². The fourth-order valence-corrected chi connectivity index (χ4v) is 3.22. The first-order valence-electron chi connectivity index (χ1n) is 12.2. The minimum atomic E-state index is -0.504. The molecule has 9 heteroatoms. The van der Waals surface area contributed by atoms with Crippen LogP contribution >= 0.6 is 0 Å². The molecule has 0 heterocycles. The van der Waals surface area contributed by atoms with Crippen LogP contribution in [0.15, 0.2) is 71.8 Å². The van der Waals surface area contributed by atoms with Crippen LogP contribution in [0.2, 0.25) is 0 Å².